The molecule has 2 aromatic rings. The smallest absolute Gasteiger partial charge is 0.417 e. The van der Waals surface area contributed by atoms with Crippen molar-refractivity contribution >= 4 is 33.2 Å². The largest absolute Gasteiger partial charge is 0.481 e. The van der Waals surface area contributed by atoms with E-state index in [1.165, 1.54) is 12.1 Å². The SMILES string of the molecule is O=C(O)CCc1csc(-c2ccc(Br)cc2C(F)(F)F)n1. The highest BCUT2D eigenvalue weighted by Gasteiger charge is 2.34. The number of benzene rings is 1. The first-order valence-electron chi connectivity index (χ1n) is 5.80. The molecule has 112 valence electrons. The summed E-state index contributed by atoms with van der Waals surface area (Å²) in [5, 5.41) is 10.4. The predicted molar refractivity (Wildman–Crippen MR) is 76.2 cm³/mol. The summed E-state index contributed by atoms with van der Waals surface area (Å²) in [5.74, 6) is -0.968. The molecule has 1 N–H and O–H groups in total. The summed E-state index contributed by atoms with van der Waals surface area (Å²) >= 11 is 4.10. The van der Waals surface area contributed by atoms with E-state index in [0.717, 1.165) is 17.4 Å². The molecule has 0 atom stereocenters. The summed E-state index contributed by atoms with van der Waals surface area (Å²) in [6, 6.07) is 3.88. The Morgan fingerprint density at radius 3 is 2.71 bits per heavy atom. The fourth-order valence-electron chi connectivity index (χ4n) is 1.72. The molecule has 0 saturated carbocycles. The van der Waals surface area contributed by atoms with Crippen molar-refractivity contribution in [1.29, 1.82) is 0 Å². The Morgan fingerprint density at radius 1 is 1.38 bits per heavy atom. The van der Waals surface area contributed by atoms with Gasteiger partial charge in [-0.15, -0.1) is 11.3 Å². The first-order valence-corrected chi connectivity index (χ1v) is 7.48. The van der Waals surface area contributed by atoms with Gasteiger partial charge in [-0.1, -0.05) is 22.0 Å². The van der Waals surface area contributed by atoms with Gasteiger partial charge in [0.25, 0.3) is 0 Å². The van der Waals surface area contributed by atoms with Gasteiger partial charge < -0.3 is 5.11 Å². The van der Waals surface area contributed by atoms with Crippen molar-refractivity contribution in [3.05, 3.63) is 39.3 Å². The second-order valence-electron chi connectivity index (χ2n) is 4.23. The quantitative estimate of drug-likeness (QED) is 0.843. The van der Waals surface area contributed by atoms with Gasteiger partial charge in [-0.05, 0) is 12.1 Å². The summed E-state index contributed by atoms with van der Waals surface area (Å²) in [6.07, 6.45) is -4.38. The number of rotatable bonds is 4. The molecule has 1 aromatic carbocycles. The number of hydrogen-bond donors (Lipinski definition) is 1. The van der Waals surface area contributed by atoms with E-state index in [0.29, 0.717) is 10.2 Å². The van der Waals surface area contributed by atoms with Gasteiger partial charge in [-0.2, -0.15) is 13.2 Å². The molecule has 0 amide bonds. The summed E-state index contributed by atoms with van der Waals surface area (Å²) in [6.45, 7) is 0. The van der Waals surface area contributed by atoms with Crippen LogP contribution in [0, 0.1) is 0 Å². The van der Waals surface area contributed by atoms with E-state index < -0.39 is 17.7 Å². The van der Waals surface area contributed by atoms with Crippen LogP contribution in [0.15, 0.2) is 28.1 Å². The van der Waals surface area contributed by atoms with Gasteiger partial charge in [-0.25, -0.2) is 4.98 Å². The molecule has 0 saturated heterocycles. The third-order valence-electron chi connectivity index (χ3n) is 2.66. The molecule has 0 fully saturated rings. The number of carbonyl (C=O) groups is 1. The van der Waals surface area contributed by atoms with Gasteiger partial charge >= 0.3 is 12.1 Å². The zero-order valence-corrected chi connectivity index (χ0v) is 12.8. The highest BCUT2D eigenvalue weighted by Crippen LogP contribution is 2.39. The number of thiazole rings is 1. The van der Waals surface area contributed by atoms with E-state index in [4.69, 9.17) is 5.11 Å². The minimum absolute atomic E-state index is 0.00252. The van der Waals surface area contributed by atoms with Crippen LogP contribution in [-0.4, -0.2) is 16.1 Å². The molecule has 0 spiro atoms. The highest BCUT2D eigenvalue weighted by atomic mass is 79.9. The van der Waals surface area contributed by atoms with Gasteiger partial charge in [0.15, 0.2) is 0 Å². The van der Waals surface area contributed by atoms with Crippen LogP contribution in [0.4, 0.5) is 13.2 Å². The van der Waals surface area contributed by atoms with Gasteiger partial charge in [-0.3, -0.25) is 4.79 Å². The molecule has 1 aromatic heterocycles. The second kappa shape index (κ2) is 6.15. The molecule has 2 rings (SSSR count). The number of halogens is 4. The van der Waals surface area contributed by atoms with Crippen LogP contribution in [-0.2, 0) is 17.4 Å². The molecule has 0 aliphatic carbocycles. The van der Waals surface area contributed by atoms with Crippen LogP contribution in [0.25, 0.3) is 10.6 Å². The fraction of sp³-hybridized carbons (Fsp3) is 0.231. The Hall–Kier alpha value is -1.41. The lowest BCUT2D eigenvalue weighted by Gasteiger charge is -2.11. The van der Waals surface area contributed by atoms with Gasteiger partial charge in [0, 0.05) is 21.8 Å². The molecular weight excluding hydrogens is 371 g/mol. The Bertz CT molecular complexity index is 670. The minimum Gasteiger partial charge on any atom is -0.481 e. The topological polar surface area (TPSA) is 50.2 Å². The molecule has 1 heterocycles. The first kappa shape index (κ1) is 16.0. The molecule has 0 aliphatic rings. The Kier molecular flexibility index (Phi) is 4.67. The van der Waals surface area contributed by atoms with E-state index in [1.807, 2.05) is 0 Å². The van der Waals surface area contributed by atoms with E-state index in [9.17, 15) is 18.0 Å². The minimum atomic E-state index is -4.48. The van der Waals surface area contributed by atoms with E-state index in [1.54, 1.807) is 5.38 Å². The monoisotopic (exact) mass is 379 g/mol. The van der Waals surface area contributed by atoms with Crippen molar-refractivity contribution in [3.63, 3.8) is 0 Å². The first-order chi connectivity index (χ1) is 9.77. The lowest BCUT2D eigenvalue weighted by atomic mass is 10.1. The van der Waals surface area contributed by atoms with Gasteiger partial charge in [0.1, 0.15) is 5.01 Å². The lowest BCUT2D eigenvalue weighted by molar-refractivity contribution is -0.137. The summed E-state index contributed by atoms with van der Waals surface area (Å²) in [5.41, 5.74) is -0.290. The van der Waals surface area contributed by atoms with Crippen molar-refractivity contribution in [1.82, 2.24) is 4.98 Å². The number of carboxylic acids is 1. The average Bonchev–Trinajstić information content (AvgIpc) is 2.84. The molecule has 0 aliphatic heterocycles. The van der Waals surface area contributed by atoms with Crippen molar-refractivity contribution in [2.24, 2.45) is 0 Å². The molecule has 0 radical (unpaired) electrons. The van der Waals surface area contributed by atoms with Crippen LogP contribution in [0.5, 0.6) is 0 Å². The highest BCUT2D eigenvalue weighted by molar-refractivity contribution is 9.10. The fourth-order valence-corrected chi connectivity index (χ4v) is 2.97. The molecule has 0 bridgehead atoms. The number of carboxylic acid groups (broad SMARTS) is 1. The van der Waals surface area contributed by atoms with Gasteiger partial charge in [0.05, 0.1) is 17.7 Å². The zero-order chi connectivity index (χ0) is 15.6. The van der Waals surface area contributed by atoms with Crippen LogP contribution in [0.2, 0.25) is 0 Å². The Labute approximate surface area is 130 Å². The Balaban J connectivity index is 2.36. The van der Waals surface area contributed by atoms with Crippen molar-refractivity contribution in [2.75, 3.05) is 0 Å². The maximum Gasteiger partial charge on any atom is 0.417 e. The maximum atomic E-state index is 13.1. The third-order valence-corrected chi connectivity index (χ3v) is 4.08. The number of aryl methyl sites for hydroxylation is 1. The molecule has 3 nitrogen and oxygen atoms in total. The van der Waals surface area contributed by atoms with Crippen LogP contribution in [0.3, 0.4) is 0 Å². The average molecular weight is 380 g/mol. The lowest BCUT2D eigenvalue weighted by Crippen LogP contribution is -2.07. The van der Waals surface area contributed by atoms with Crippen molar-refractivity contribution in [3.8, 4) is 10.6 Å². The number of aliphatic carboxylic acids is 1. The number of hydrogen-bond acceptors (Lipinski definition) is 3. The molecular formula is C13H9BrF3NO2S. The number of alkyl halides is 3. The van der Waals surface area contributed by atoms with Gasteiger partial charge in [0.2, 0.25) is 0 Å². The molecule has 8 heteroatoms. The summed E-state index contributed by atoms with van der Waals surface area (Å²) in [4.78, 5) is 14.6. The number of nitrogens with zero attached hydrogens (tertiary/aromatic N) is 1. The van der Waals surface area contributed by atoms with E-state index in [-0.39, 0.29) is 23.4 Å². The third kappa shape index (κ3) is 4.04. The predicted octanol–water partition coefficient (Wildman–Crippen LogP) is 4.61. The van der Waals surface area contributed by atoms with Crippen molar-refractivity contribution in [2.45, 2.75) is 19.0 Å². The van der Waals surface area contributed by atoms with Crippen LogP contribution < -0.4 is 0 Å². The van der Waals surface area contributed by atoms with E-state index in [2.05, 4.69) is 20.9 Å². The molecule has 0 unspecified atom stereocenters. The summed E-state index contributed by atoms with van der Waals surface area (Å²) in [7, 11) is 0. The normalized spacial score (nSPS) is 11.6. The van der Waals surface area contributed by atoms with E-state index >= 15 is 0 Å². The van der Waals surface area contributed by atoms with Crippen molar-refractivity contribution < 1.29 is 23.1 Å². The second-order valence-corrected chi connectivity index (χ2v) is 6.00. The standard InChI is InChI=1S/C13H9BrF3NO2S/c14-7-1-3-9(10(5-7)13(15,16)17)12-18-8(6-21-12)2-4-11(19)20/h1,3,5-6H,2,4H2,(H,19,20). The molecule has 21 heavy (non-hydrogen) atoms. The maximum absolute atomic E-state index is 13.1. The number of aromatic nitrogens is 1. The van der Waals surface area contributed by atoms with Crippen LogP contribution >= 0.6 is 27.3 Å². The summed E-state index contributed by atoms with van der Waals surface area (Å²) < 4.78 is 39.5. The Morgan fingerprint density at radius 2 is 2.10 bits per heavy atom. The zero-order valence-electron chi connectivity index (χ0n) is 10.4. The van der Waals surface area contributed by atoms with Crippen LogP contribution in [0.1, 0.15) is 17.7 Å².